The highest BCUT2D eigenvalue weighted by Gasteiger charge is 2.37. The molecule has 9 nitrogen and oxygen atoms in total. The van der Waals surface area contributed by atoms with Crippen LogP contribution in [0.15, 0.2) is 60.9 Å². The fraction of sp³-hybridized carbons (Fsp3) is 0.179. The van der Waals surface area contributed by atoms with E-state index in [2.05, 4.69) is 20.3 Å². The maximum atomic E-state index is 13.9. The molecule has 0 saturated carbocycles. The topological polar surface area (TPSA) is 140 Å². The molecule has 3 heterocycles. The first-order chi connectivity index (χ1) is 19.0. The Labute approximate surface area is 226 Å². The molecular formula is C28H24F3N5O4. The zero-order chi connectivity index (χ0) is 29.0. The number of ether oxygens (including phenoxy) is 1. The molecule has 0 radical (unpaired) electrons. The van der Waals surface area contributed by atoms with E-state index in [1.165, 1.54) is 25.3 Å². The van der Waals surface area contributed by atoms with Gasteiger partial charge < -0.3 is 20.9 Å². The second-order valence-electron chi connectivity index (χ2n) is 8.74. The van der Waals surface area contributed by atoms with E-state index >= 15 is 0 Å². The predicted molar refractivity (Wildman–Crippen MR) is 141 cm³/mol. The molecule has 0 unspecified atom stereocenters. The average Bonchev–Trinajstić information content (AvgIpc) is 2.91. The van der Waals surface area contributed by atoms with Crippen LogP contribution in [0.5, 0.6) is 5.88 Å². The minimum atomic E-state index is -4.84. The van der Waals surface area contributed by atoms with Crippen molar-refractivity contribution in [2.24, 2.45) is 5.73 Å². The molecule has 40 heavy (non-hydrogen) atoms. The highest BCUT2D eigenvalue weighted by molar-refractivity contribution is 6.01. The Hall–Kier alpha value is -4.84. The number of anilines is 1. The van der Waals surface area contributed by atoms with Gasteiger partial charge in [0, 0.05) is 36.5 Å². The summed E-state index contributed by atoms with van der Waals surface area (Å²) in [6.45, 7) is 2.81. The van der Waals surface area contributed by atoms with E-state index in [-0.39, 0.29) is 36.1 Å². The number of carbonyl (C=O) groups excluding carboxylic acids is 2. The summed E-state index contributed by atoms with van der Waals surface area (Å²) in [6.07, 6.45) is -2.46. The van der Waals surface area contributed by atoms with Gasteiger partial charge in [-0.1, -0.05) is 12.1 Å². The molecule has 0 aliphatic rings. The summed E-state index contributed by atoms with van der Waals surface area (Å²) in [7, 11) is 0. The van der Waals surface area contributed by atoms with Crippen LogP contribution in [0, 0.1) is 6.92 Å². The minimum absolute atomic E-state index is 0.0466. The van der Waals surface area contributed by atoms with E-state index in [0.29, 0.717) is 33.8 Å². The van der Waals surface area contributed by atoms with Gasteiger partial charge in [0.05, 0.1) is 17.9 Å². The lowest BCUT2D eigenvalue weighted by molar-refractivity contribution is -0.140. The lowest BCUT2D eigenvalue weighted by Gasteiger charge is -2.17. The average molecular weight is 552 g/mol. The molecule has 3 aromatic heterocycles. The number of hydrogen-bond donors (Lipinski definition) is 3. The Morgan fingerprint density at radius 3 is 2.42 bits per heavy atom. The Morgan fingerprint density at radius 1 is 1.00 bits per heavy atom. The smallest absolute Gasteiger partial charge is 0.433 e. The van der Waals surface area contributed by atoms with Crippen molar-refractivity contribution in [2.45, 2.75) is 20.0 Å². The predicted octanol–water partition coefficient (Wildman–Crippen LogP) is 4.63. The van der Waals surface area contributed by atoms with Crippen molar-refractivity contribution in [3.63, 3.8) is 0 Å². The maximum absolute atomic E-state index is 13.9. The number of aliphatic hydroxyl groups is 1. The lowest BCUT2D eigenvalue weighted by atomic mass is 9.91. The normalized spacial score (nSPS) is 11.2. The molecule has 0 saturated heterocycles. The van der Waals surface area contributed by atoms with Crippen LogP contribution in [-0.4, -0.2) is 45.1 Å². The van der Waals surface area contributed by atoms with Crippen molar-refractivity contribution < 1.29 is 32.6 Å². The van der Waals surface area contributed by atoms with Gasteiger partial charge in [-0.2, -0.15) is 13.2 Å². The van der Waals surface area contributed by atoms with Crippen LogP contribution in [0.1, 0.15) is 28.5 Å². The van der Waals surface area contributed by atoms with E-state index < -0.39 is 23.3 Å². The van der Waals surface area contributed by atoms with Gasteiger partial charge in [0.15, 0.2) is 5.69 Å². The molecule has 206 valence electrons. The first kappa shape index (κ1) is 28.2. The second kappa shape index (κ2) is 11.5. The molecule has 0 aliphatic carbocycles. The number of carbonyl (C=O) groups is 2. The Morgan fingerprint density at radius 2 is 1.75 bits per heavy atom. The summed E-state index contributed by atoms with van der Waals surface area (Å²) in [5.74, 6) is -0.888. The summed E-state index contributed by atoms with van der Waals surface area (Å²) in [6, 6.07) is 12.3. The van der Waals surface area contributed by atoms with Crippen molar-refractivity contribution >= 4 is 17.6 Å². The number of rotatable bonds is 8. The molecule has 0 bridgehead atoms. The summed E-state index contributed by atoms with van der Waals surface area (Å²) in [4.78, 5) is 35.7. The van der Waals surface area contributed by atoms with Crippen LogP contribution < -0.4 is 15.8 Å². The Balaban J connectivity index is 1.92. The van der Waals surface area contributed by atoms with Gasteiger partial charge in [-0.25, -0.2) is 9.97 Å². The molecule has 0 aliphatic heterocycles. The molecule has 0 fully saturated rings. The zero-order valence-electron chi connectivity index (χ0n) is 21.4. The van der Waals surface area contributed by atoms with Gasteiger partial charge in [0.2, 0.25) is 17.7 Å². The fourth-order valence-corrected chi connectivity index (χ4v) is 4.13. The van der Waals surface area contributed by atoms with Crippen LogP contribution >= 0.6 is 0 Å². The van der Waals surface area contributed by atoms with Crippen molar-refractivity contribution in [2.75, 3.05) is 18.5 Å². The number of alkyl halides is 3. The highest BCUT2D eigenvalue weighted by atomic mass is 19.4. The minimum Gasteiger partial charge on any atom is -0.475 e. The largest absolute Gasteiger partial charge is 0.475 e. The third-order valence-electron chi connectivity index (χ3n) is 5.83. The van der Waals surface area contributed by atoms with Crippen LogP contribution in [0.2, 0.25) is 0 Å². The summed E-state index contributed by atoms with van der Waals surface area (Å²) >= 11 is 0. The van der Waals surface area contributed by atoms with Gasteiger partial charge in [0.1, 0.15) is 12.4 Å². The molecule has 4 aromatic rings. The number of nitrogens with two attached hydrogens (primary N) is 1. The maximum Gasteiger partial charge on any atom is 0.433 e. The molecule has 0 atom stereocenters. The SMILES string of the molecule is CC(=O)Nc1cc(-c2cc(-c3cc(-c4c(C(N)=O)ccnc4C(F)(F)F)ccc3C)cc(OCCO)n2)ccn1. The summed E-state index contributed by atoms with van der Waals surface area (Å²) in [5, 5.41) is 11.9. The Bertz CT molecular complexity index is 1590. The van der Waals surface area contributed by atoms with Gasteiger partial charge in [-0.3, -0.25) is 14.6 Å². The van der Waals surface area contributed by atoms with Crippen molar-refractivity contribution in [1.82, 2.24) is 15.0 Å². The van der Waals surface area contributed by atoms with Crippen LogP contribution in [0.25, 0.3) is 33.5 Å². The van der Waals surface area contributed by atoms with Gasteiger partial charge in [-0.15, -0.1) is 0 Å². The lowest BCUT2D eigenvalue weighted by Crippen LogP contribution is -2.18. The number of nitrogens with zero attached hydrogens (tertiary/aromatic N) is 3. The highest BCUT2D eigenvalue weighted by Crippen LogP contribution is 2.40. The van der Waals surface area contributed by atoms with Gasteiger partial charge in [-0.05, 0) is 59.5 Å². The van der Waals surface area contributed by atoms with E-state index in [1.807, 2.05) is 0 Å². The van der Waals surface area contributed by atoms with Crippen molar-refractivity contribution in [3.05, 3.63) is 77.7 Å². The molecular weight excluding hydrogens is 527 g/mol. The molecule has 1 aromatic carbocycles. The van der Waals surface area contributed by atoms with E-state index in [4.69, 9.17) is 10.5 Å². The molecule has 2 amide bonds. The molecule has 4 N–H and O–H groups in total. The van der Waals surface area contributed by atoms with E-state index in [0.717, 1.165) is 12.3 Å². The van der Waals surface area contributed by atoms with E-state index in [9.17, 15) is 27.9 Å². The van der Waals surface area contributed by atoms with Crippen LogP contribution in [0.3, 0.4) is 0 Å². The zero-order valence-corrected chi connectivity index (χ0v) is 21.4. The number of hydrogen-bond acceptors (Lipinski definition) is 7. The number of halogens is 3. The number of aromatic nitrogens is 3. The number of amides is 2. The van der Waals surface area contributed by atoms with Gasteiger partial charge >= 0.3 is 6.18 Å². The first-order valence-corrected chi connectivity index (χ1v) is 11.9. The van der Waals surface area contributed by atoms with Crippen molar-refractivity contribution in [3.8, 4) is 39.4 Å². The third-order valence-corrected chi connectivity index (χ3v) is 5.83. The molecule has 12 heteroatoms. The fourth-order valence-electron chi connectivity index (χ4n) is 4.13. The number of pyridine rings is 3. The Kier molecular flexibility index (Phi) is 8.10. The van der Waals surface area contributed by atoms with Crippen molar-refractivity contribution in [1.29, 1.82) is 0 Å². The molecule has 4 rings (SSSR count). The number of primary amides is 1. The molecule has 0 spiro atoms. The van der Waals surface area contributed by atoms with E-state index in [1.54, 1.807) is 37.3 Å². The van der Waals surface area contributed by atoms with Crippen LogP contribution in [0.4, 0.5) is 19.0 Å². The number of aryl methyl sites for hydroxylation is 1. The third kappa shape index (κ3) is 6.24. The standard InChI is InChI=1S/C28H24F3N5O4/c1-15-3-4-18(25-20(27(32)39)6-8-34-26(25)28(29,30)31)11-21(15)19-12-22(36-24(14-19)40-10-9-37)17-5-7-33-23(13-17)35-16(2)38/h3-8,11-14,37H,9-10H2,1-2H3,(H2,32,39)(H,33,35,38). The second-order valence-corrected chi connectivity index (χ2v) is 8.74. The number of benzene rings is 1. The van der Waals surface area contributed by atoms with Gasteiger partial charge in [0.25, 0.3) is 0 Å². The monoisotopic (exact) mass is 551 g/mol. The summed E-state index contributed by atoms with van der Waals surface area (Å²) in [5.41, 5.74) is 6.30. The van der Waals surface area contributed by atoms with Crippen LogP contribution in [-0.2, 0) is 11.0 Å². The number of aliphatic hydroxyl groups excluding tert-OH is 1. The number of nitrogens with one attached hydrogen (secondary N) is 1. The first-order valence-electron chi connectivity index (χ1n) is 11.9. The summed E-state index contributed by atoms with van der Waals surface area (Å²) < 4.78 is 47.3. The quantitative estimate of drug-likeness (QED) is 0.290.